The molecule has 2 aromatic carbocycles. The van der Waals surface area contributed by atoms with E-state index in [4.69, 9.17) is 43.1 Å². The van der Waals surface area contributed by atoms with E-state index in [0.29, 0.717) is 90.8 Å². The lowest BCUT2D eigenvalue weighted by Gasteiger charge is -2.17. The molecule has 0 bridgehead atoms. The number of phenols is 1. The number of aromatic hydroxyl groups is 1. The summed E-state index contributed by atoms with van der Waals surface area (Å²) >= 11 is 10.5. The van der Waals surface area contributed by atoms with Gasteiger partial charge in [0.2, 0.25) is 0 Å². The van der Waals surface area contributed by atoms with Crippen LogP contribution in [0, 0.1) is 0 Å². The van der Waals surface area contributed by atoms with E-state index < -0.39 is 5.97 Å². The molecule has 1 heterocycles. The van der Waals surface area contributed by atoms with E-state index in [-0.39, 0.29) is 22.5 Å². The highest BCUT2D eigenvalue weighted by Gasteiger charge is 2.22. The molecule has 11 heteroatoms. The number of anilines is 1. The molecule has 3 N–H and O–H groups in total. The number of carbonyl (C=O) groups is 1. The van der Waals surface area contributed by atoms with Crippen molar-refractivity contribution in [3.8, 4) is 28.2 Å². The molecular weight excluding hydrogens is 602 g/mol. The molecule has 0 spiro atoms. The van der Waals surface area contributed by atoms with Crippen LogP contribution in [0.3, 0.4) is 0 Å². The summed E-state index contributed by atoms with van der Waals surface area (Å²) in [6.07, 6.45) is 3.08. The van der Waals surface area contributed by atoms with Gasteiger partial charge in [-0.05, 0) is 73.0 Å². The minimum Gasteiger partial charge on any atom is -0.508 e. The zero-order valence-electron chi connectivity index (χ0n) is 24.4. The highest BCUT2D eigenvalue weighted by Crippen LogP contribution is 2.42. The first-order valence-electron chi connectivity index (χ1n) is 14.3. The number of thiocarbonyl (C=S) groups is 2. The van der Waals surface area contributed by atoms with Gasteiger partial charge in [-0.15, -0.1) is 0 Å². The third kappa shape index (κ3) is 9.38. The topological polar surface area (TPSA) is 127 Å². The molecule has 0 saturated heterocycles. The molecular formula is C33H35NO8S2. The van der Waals surface area contributed by atoms with Gasteiger partial charge < -0.3 is 34.2 Å². The first-order valence-corrected chi connectivity index (χ1v) is 15.1. The molecule has 4 rings (SSSR count). The number of benzene rings is 3. The molecule has 0 fully saturated rings. The lowest BCUT2D eigenvalue weighted by Crippen LogP contribution is -2.13. The molecule has 2 aromatic rings. The smallest absolute Gasteiger partial charge is 0.336 e. The van der Waals surface area contributed by atoms with E-state index in [1.54, 1.807) is 24.3 Å². The van der Waals surface area contributed by atoms with E-state index in [9.17, 15) is 19.8 Å². The number of aromatic carboxylic acids is 1. The summed E-state index contributed by atoms with van der Waals surface area (Å²) in [5, 5.41) is 23.9. The Morgan fingerprint density at radius 1 is 0.841 bits per heavy atom. The van der Waals surface area contributed by atoms with Crippen LogP contribution in [0.25, 0.3) is 33.4 Å². The SMILES string of the molecule is CC(=S)CCCOCCOCCOCCCC(=S)Nc1ccc(-c2c3ccc(=O)cc-3oc3cc(O)ccc23)c(C(=O)O)c1. The molecule has 232 valence electrons. The molecule has 1 aliphatic heterocycles. The number of hydrogen-bond acceptors (Lipinski definition) is 9. The minimum absolute atomic E-state index is 0.0137. The van der Waals surface area contributed by atoms with Crippen LogP contribution < -0.4 is 10.7 Å². The van der Waals surface area contributed by atoms with Crippen molar-refractivity contribution < 1.29 is 33.6 Å². The average molecular weight is 638 g/mol. The Balaban J connectivity index is 1.31. The number of ether oxygens (including phenoxy) is 3. The maximum absolute atomic E-state index is 12.4. The summed E-state index contributed by atoms with van der Waals surface area (Å²) in [6.45, 7) is 5.14. The second-order valence-corrected chi connectivity index (χ2v) is 11.4. The monoisotopic (exact) mass is 637 g/mol. The number of rotatable bonds is 17. The van der Waals surface area contributed by atoms with Crippen molar-refractivity contribution in [2.75, 3.05) is 45.0 Å². The summed E-state index contributed by atoms with van der Waals surface area (Å²) in [7, 11) is 0. The highest BCUT2D eigenvalue weighted by atomic mass is 32.1. The first kappa shape index (κ1) is 33.2. The van der Waals surface area contributed by atoms with Gasteiger partial charge in [0, 0.05) is 54.0 Å². The van der Waals surface area contributed by atoms with E-state index in [2.05, 4.69) is 5.32 Å². The van der Waals surface area contributed by atoms with Crippen LogP contribution in [-0.4, -0.2) is 65.7 Å². The van der Waals surface area contributed by atoms with Gasteiger partial charge in [-0.1, -0.05) is 30.5 Å². The quantitative estimate of drug-likeness (QED) is 0.0650. The Bertz CT molecular complexity index is 1650. The van der Waals surface area contributed by atoms with Gasteiger partial charge in [0.1, 0.15) is 17.1 Å². The van der Waals surface area contributed by atoms with Crippen molar-refractivity contribution in [2.45, 2.75) is 32.6 Å². The summed E-state index contributed by atoms with van der Waals surface area (Å²) in [5.74, 6) is -0.851. The van der Waals surface area contributed by atoms with Crippen molar-refractivity contribution in [3.05, 3.63) is 70.4 Å². The summed E-state index contributed by atoms with van der Waals surface area (Å²) in [4.78, 5) is 26.0. The highest BCUT2D eigenvalue weighted by molar-refractivity contribution is 7.80. The maximum Gasteiger partial charge on any atom is 0.336 e. The van der Waals surface area contributed by atoms with Crippen LogP contribution in [0.4, 0.5) is 5.69 Å². The number of nitrogens with one attached hydrogen (secondary N) is 1. The van der Waals surface area contributed by atoms with Crippen molar-refractivity contribution in [2.24, 2.45) is 0 Å². The molecule has 9 nitrogen and oxygen atoms in total. The van der Waals surface area contributed by atoms with Gasteiger partial charge in [-0.25, -0.2) is 4.79 Å². The Labute approximate surface area is 266 Å². The van der Waals surface area contributed by atoms with Crippen molar-refractivity contribution in [1.82, 2.24) is 0 Å². The molecule has 0 atom stereocenters. The molecule has 0 amide bonds. The Kier molecular flexibility index (Phi) is 12.3. The van der Waals surface area contributed by atoms with Gasteiger partial charge in [0.25, 0.3) is 0 Å². The second kappa shape index (κ2) is 16.4. The molecule has 44 heavy (non-hydrogen) atoms. The van der Waals surface area contributed by atoms with Gasteiger partial charge in [0.15, 0.2) is 5.43 Å². The largest absolute Gasteiger partial charge is 0.508 e. The number of phenolic OH excluding ortho intramolecular Hbond substituents is 1. The third-order valence-electron chi connectivity index (χ3n) is 6.73. The van der Waals surface area contributed by atoms with Crippen molar-refractivity contribution in [1.29, 1.82) is 0 Å². The summed E-state index contributed by atoms with van der Waals surface area (Å²) < 4.78 is 22.5. The first-order chi connectivity index (χ1) is 21.2. The fourth-order valence-electron chi connectivity index (χ4n) is 4.69. The fourth-order valence-corrected chi connectivity index (χ4v) is 5.10. The molecule has 1 aliphatic carbocycles. The Morgan fingerprint density at radius 2 is 1.50 bits per heavy atom. The van der Waals surface area contributed by atoms with E-state index in [0.717, 1.165) is 17.7 Å². The fraction of sp³-hybridized carbons (Fsp3) is 0.333. The normalized spacial score (nSPS) is 11.2. The number of fused-ring (bicyclic) bond motifs is 2. The zero-order chi connectivity index (χ0) is 31.5. The lowest BCUT2D eigenvalue weighted by molar-refractivity contribution is 0.0142. The average Bonchev–Trinajstić information content (AvgIpc) is 2.98. The number of hydrogen-bond donors (Lipinski definition) is 3. The van der Waals surface area contributed by atoms with Crippen LogP contribution in [0.15, 0.2) is 63.8 Å². The minimum atomic E-state index is -1.13. The molecule has 2 aliphatic rings. The predicted octanol–water partition coefficient (Wildman–Crippen LogP) is 6.71. The van der Waals surface area contributed by atoms with E-state index in [1.165, 1.54) is 30.3 Å². The van der Waals surface area contributed by atoms with Gasteiger partial charge in [-0.2, -0.15) is 0 Å². The van der Waals surface area contributed by atoms with Crippen LogP contribution in [-0.2, 0) is 14.2 Å². The van der Waals surface area contributed by atoms with Crippen molar-refractivity contribution >= 4 is 56.9 Å². The number of carboxylic acids is 1. The standard InChI is InChI=1S/C33H35NO8S2/c1-21(43)4-2-12-39-14-16-41-17-15-40-13-3-5-31(44)34-22-6-9-25(28(18-22)33(37)38)32-26-10-7-23(35)19-29(26)42-30-20-24(36)8-11-27(30)32/h6-11,18-20,35H,2-5,12-17H2,1H3,(H,34,44)(H,37,38). The van der Waals surface area contributed by atoms with Crippen LogP contribution in [0.5, 0.6) is 5.75 Å². The van der Waals surface area contributed by atoms with Crippen LogP contribution in [0.2, 0.25) is 0 Å². The zero-order valence-corrected chi connectivity index (χ0v) is 26.1. The third-order valence-corrected chi connectivity index (χ3v) is 7.24. The van der Waals surface area contributed by atoms with Gasteiger partial charge in [0.05, 0.1) is 37.0 Å². The number of carboxylic acid groups (broad SMARTS) is 1. The van der Waals surface area contributed by atoms with E-state index in [1.807, 2.05) is 6.92 Å². The summed E-state index contributed by atoms with van der Waals surface area (Å²) in [6, 6.07) is 14.0. The van der Waals surface area contributed by atoms with Crippen LogP contribution in [0.1, 0.15) is 43.0 Å². The second-order valence-electron chi connectivity index (χ2n) is 10.2. The Hall–Kier alpha value is -3.74. The Morgan fingerprint density at radius 3 is 2.18 bits per heavy atom. The van der Waals surface area contributed by atoms with E-state index >= 15 is 0 Å². The molecule has 0 aromatic heterocycles. The lowest BCUT2D eigenvalue weighted by atomic mass is 9.90. The molecule has 0 radical (unpaired) electrons. The predicted molar refractivity (Wildman–Crippen MR) is 179 cm³/mol. The maximum atomic E-state index is 12.4. The van der Waals surface area contributed by atoms with Gasteiger partial charge in [-0.3, -0.25) is 4.79 Å². The molecule has 0 unspecified atom stereocenters. The van der Waals surface area contributed by atoms with Gasteiger partial charge >= 0.3 is 5.97 Å². The van der Waals surface area contributed by atoms with Crippen LogP contribution >= 0.6 is 24.4 Å². The summed E-state index contributed by atoms with van der Waals surface area (Å²) in [5.41, 5.74) is 2.26. The molecule has 0 saturated carbocycles. The van der Waals surface area contributed by atoms with Crippen molar-refractivity contribution in [3.63, 3.8) is 0 Å².